The van der Waals surface area contributed by atoms with Crippen molar-refractivity contribution in [2.45, 2.75) is 19.4 Å². The second kappa shape index (κ2) is 4.34. The van der Waals surface area contributed by atoms with E-state index in [1.54, 1.807) is 14.2 Å². The van der Waals surface area contributed by atoms with Crippen molar-refractivity contribution in [1.29, 1.82) is 0 Å². The van der Waals surface area contributed by atoms with Crippen LogP contribution in [-0.4, -0.2) is 14.2 Å². The van der Waals surface area contributed by atoms with E-state index in [1.165, 1.54) is 6.42 Å². The Labute approximate surface area is 96.5 Å². The molecule has 3 atom stereocenters. The molecule has 0 amide bonds. The number of hydrogen-bond acceptors (Lipinski definition) is 3. The molecule has 1 aromatic carbocycles. The number of rotatable bonds is 4. The molecule has 2 N–H and O–H groups in total. The molecule has 0 radical (unpaired) electrons. The summed E-state index contributed by atoms with van der Waals surface area (Å²) in [6.07, 6.45) is 1.20. The van der Waals surface area contributed by atoms with Gasteiger partial charge in [-0.2, -0.15) is 0 Å². The van der Waals surface area contributed by atoms with E-state index in [2.05, 4.69) is 6.92 Å². The van der Waals surface area contributed by atoms with E-state index in [0.717, 1.165) is 17.1 Å². The van der Waals surface area contributed by atoms with Gasteiger partial charge in [0.15, 0.2) is 0 Å². The third-order valence-electron chi connectivity index (χ3n) is 3.43. The van der Waals surface area contributed by atoms with Crippen LogP contribution < -0.4 is 15.2 Å². The summed E-state index contributed by atoms with van der Waals surface area (Å²) >= 11 is 0. The summed E-state index contributed by atoms with van der Waals surface area (Å²) in [7, 11) is 3.34. The van der Waals surface area contributed by atoms with Gasteiger partial charge in [-0.3, -0.25) is 0 Å². The van der Waals surface area contributed by atoms with E-state index in [0.29, 0.717) is 11.8 Å². The lowest BCUT2D eigenvalue weighted by atomic mass is 10.00. The first-order valence-corrected chi connectivity index (χ1v) is 5.65. The Morgan fingerprint density at radius 3 is 2.12 bits per heavy atom. The van der Waals surface area contributed by atoms with Crippen molar-refractivity contribution >= 4 is 0 Å². The minimum absolute atomic E-state index is 0.0149. The summed E-state index contributed by atoms with van der Waals surface area (Å²) in [6.45, 7) is 2.23. The second-order valence-corrected chi connectivity index (χ2v) is 4.48. The molecule has 88 valence electrons. The second-order valence-electron chi connectivity index (χ2n) is 4.48. The average Bonchev–Trinajstić information content (AvgIpc) is 3.04. The van der Waals surface area contributed by atoms with Gasteiger partial charge in [-0.15, -0.1) is 0 Å². The van der Waals surface area contributed by atoms with Gasteiger partial charge in [0, 0.05) is 6.04 Å². The molecule has 3 heteroatoms. The van der Waals surface area contributed by atoms with Crippen LogP contribution in [0, 0.1) is 11.8 Å². The maximum Gasteiger partial charge on any atom is 0.127 e. The van der Waals surface area contributed by atoms with Gasteiger partial charge in [0.25, 0.3) is 0 Å². The Morgan fingerprint density at radius 2 is 1.75 bits per heavy atom. The first kappa shape index (κ1) is 11.3. The van der Waals surface area contributed by atoms with Crippen LogP contribution in [0.2, 0.25) is 0 Å². The molecular weight excluding hydrogens is 202 g/mol. The average molecular weight is 221 g/mol. The first-order chi connectivity index (χ1) is 7.69. The topological polar surface area (TPSA) is 44.5 Å². The normalized spacial score (nSPS) is 25.0. The summed E-state index contributed by atoms with van der Waals surface area (Å²) in [5, 5.41) is 0. The van der Waals surface area contributed by atoms with Crippen molar-refractivity contribution in [3.8, 4) is 11.5 Å². The fourth-order valence-corrected chi connectivity index (χ4v) is 2.27. The minimum Gasteiger partial charge on any atom is -0.496 e. The van der Waals surface area contributed by atoms with Crippen LogP contribution in [0.15, 0.2) is 18.2 Å². The van der Waals surface area contributed by atoms with Gasteiger partial charge in [-0.05, 0) is 30.4 Å². The van der Waals surface area contributed by atoms with Crippen LogP contribution >= 0.6 is 0 Å². The third kappa shape index (κ3) is 1.87. The van der Waals surface area contributed by atoms with Crippen molar-refractivity contribution in [3.63, 3.8) is 0 Å². The molecular formula is C13H19NO2. The fourth-order valence-electron chi connectivity index (χ4n) is 2.27. The van der Waals surface area contributed by atoms with E-state index >= 15 is 0 Å². The zero-order chi connectivity index (χ0) is 11.7. The standard InChI is InChI=1S/C13H19NO2/c1-8-7-9(8)13(14)12-10(15-2)5-4-6-11(12)16-3/h4-6,8-9,13H,7,14H2,1-3H3. The van der Waals surface area contributed by atoms with Crippen molar-refractivity contribution in [2.24, 2.45) is 17.6 Å². The molecule has 0 spiro atoms. The van der Waals surface area contributed by atoms with Crippen LogP contribution in [-0.2, 0) is 0 Å². The summed E-state index contributed by atoms with van der Waals surface area (Å²) in [6, 6.07) is 5.81. The number of methoxy groups -OCH3 is 2. The number of benzene rings is 1. The Bertz CT molecular complexity index is 356. The molecule has 1 aliphatic rings. The van der Waals surface area contributed by atoms with Crippen LogP contribution in [0.4, 0.5) is 0 Å². The van der Waals surface area contributed by atoms with Gasteiger partial charge in [0.1, 0.15) is 11.5 Å². The first-order valence-electron chi connectivity index (χ1n) is 5.65. The molecule has 3 unspecified atom stereocenters. The lowest BCUT2D eigenvalue weighted by Crippen LogP contribution is -2.15. The predicted molar refractivity (Wildman–Crippen MR) is 63.7 cm³/mol. The lowest BCUT2D eigenvalue weighted by Gasteiger charge is -2.18. The van der Waals surface area contributed by atoms with Crippen molar-refractivity contribution in [2.75, 3.05) is 14.2 Å². The maximum atomic E-state index is 6.28. The van der Waals surface area contributed by atoms with Crippen LogP contribution in [0.1, 0.15) is 24.9 Å². The Kier molecular flexibility index (Phi) is 3.06. The highest BCUT2D eigenvalue weighted by Gasteiger charge is 2.40. The lowest BCUT2D eigenvalue weighted by molar-refractivity contribution is 0.374. The van der Waals surface area contributed by atoms with Gasteiger partial charge in [0.2, 0.25) is 0 Å². The van der Waals surface area contributed by atoms with E-state index in [4.69, 9.17) is 15.2 Å². The summed E-state index contributed by atoms with van der Waals surface area (Å²) in [5.41, 5.74) is 7.29. The molecule has 1 fully saturated rings. The highest BCUT2D eigenvalue weighted by molar-refractivity contribution is 5.47. The van der Waals surface area contributed by atoms with Crippen molar-refractivity contribution < 1.29 is 9.47 Å². The summed E-state index contributed by atoms with van der Waals surface area (Å²) in [4.78, 5) is 0. The number of hydrogen-bond donors (Lipinski definition) is 1. The highest BCUT2D eigenvalue weighted by atomic mass is 16.5. The smallest absolute Gasteiger partial charge is 0.127 e. The van der Waals surface area contributed by atoms with Gasteiger partial charge < -0.3 is 15.2 Å². The quantitative estimate of drug-likeness (QED) is 0.848. The summed E-state index contributed by atoms with van der Waals surface area (Å²) in [5.74, 6) is 2.92. The molecule has 2 rings (SSSR count). The zero-order valence-corrected chi connectivity index (χ0v) is 10.1. The van der Waals surface area contributed by atoms with E-state index < -0.39 is 0 Å². The predicted octanol–water partition coefficient (Wildman–Crippen LogP) is 2.36. The monoisotopic (exact) mass is 221 g/mol. The molecule has 0 bridgehead atoms. The Hall–Kier alpha value is -1.22. The molecule has 3 nitrogen and oxygen atoms in total. The van der Waals surface area contributed by atoms with Crippen LogP contribution in [0.3, 0.4) is 0 Å². The van der Waals surface area contributed by atoms with Gasteiger partial charge >= 0.3 is 0 Å². The van der Waals surface area contributed by atoms with E-state index in [1.807, 2.05) is 18.2 Å². The van der Waals surface area contributed by atoms with Gasteiger partial charge in [0.05, 0.1) is 19.8 Å². The molecule has 16 heavy (non-hydrogen) atoms. The van der Waals surface area contributed by atoms with E-state index in [-0.39, 0.29) is 6.04 Å². The van der Waals surface area contributed by atoms with Crippen LogP contribution in [0.5, 0.6) is 11.5 Å². The zero-order valence-electron chi connectivity index (χ0n) is 10.1. The Balaban J connectivity index is 2.36. The largest absolute Gasteiger partial charge is 0.496 e. The van der Waals surface area contributed by atoms with E-state index in [9.17, 15) is 0 Å². The van der Waals surface area contributed by atoms with Gasteiger partial charge in [-0.1, -0.05) is 13.0 Å². The minimum atomic E-state index is 0.0149. The Morgan fingerprint density at radius 1 is 1.25 bits per heavy atom. The molecule has 1 aliphatic carbocycles. The SMILES string of the molecule is COc1cccc(OC)c1C(N)C1CC1C. The molecule has 1 saturated carbocycles. The van der Waals surface area contributed by atoms with Crippen molar-refractivity contribution in [1.82, 2.24) is 0 Å². The molecule has 0 saturated heterocycles. The fraction of sp³-hybridized carbons (Fsp3) is 0.538. The molecule has 0 aromatic heterocycles. The van der Waals surface area contributed by atoms with Crippen molar-refractivity contribution in [3.05, 3.63) is 23.8 Å². The molecule has 0 heterocycles. The molecule has 0 aliphatic heterocycles. The number of nitrogens with two attached hydrogens (primary N) is 1. The van der Waals surface area contributed by atoms with Gasteiger partial charge in [-0.25, -0.2) is 0 Å². The summed E-state index contributed by atoms with van der Waals surface area (Å²) < 4.78 is 10.7. The van der Waals surface area contributed by atoms with Crippen LogP contribution in [0.25, 0.3) is 0 Å². The highest BCUT2D eigenvalue weighted by Crippen LogP contribution is 2.49. The number of ether oxygens (including phenoxy) is 2. The third-order valence-corrected chi connectivity index (χ3v) is 3.43. The maximum absolute atomic E-state index is 6.28. The molecule has 1 aromatic rings.